The third-order valence-corrected chi connectivity index (χ3v) is 5.49. The van der Waals surface area contributed by atoms with Crippen molar-refractivity contribution >= 4 is 41.0 Å². The molecular weight excluding hydrogens is 352 g/mol. The Kier molecular flexibility index (Phi) is 5.24. The Hall–Kier alpha value is -1.81. The molecule has 0 saturated carbocycles. The molecular formula is C14H18N4O4S2. The van der Waals surface area contributed by atoms with Crippen molar-refractivity contribution in [1.82, 2.24) is 20.5 Å². The molecule has 2 fully saturated rings. The lowest BCUT2D eigenvalue weighted by Gasteiger charge is -2.24. The van der Waals surface area contributed by atoms with Crippen molar-refractivity contribution in [3.8, 4) is 0 Å². The van der Waals surface area contributed by atoms with Crippen LogP contribution in [0.4, 0.5) is 4.79 Å². The van der Waals surface area contributed by atoms with Crippen LogP contribution in [0.5, 0.6) is 0 Å². The van der Waals surface area contributed by atoms with E-state index in [-0.39, 0.29) is 5.91 Å². The standard InChI is InChI=1S/C14H18N4O4S2/c1-8-11(17-14(21)22-8)12(19)16-10(4-9-5-24-6-15-9)13(20)18-2-3-23-7-18/h5-6,8,10-11H,2-4,7H2,1H3,(H,16,19)(H,17,21). The van der Waals surface area contributed by atoms with E-state index in [1.807, 2.05) is 5.38 Å². The summed E-state index contributed by atoms with van der Waals surface area (Å²) < 4.78 is 4.92. The maximum Gasteiger partial charge on any atom is 0.408 e. The van der Waals surface area contributed by atoms with Crippen LogP contribution in [-0.4, -0.2) is 64.2 Å². The van der Waals surface area contributed by atoms with Gasteiger partial charge >= 0.3 is 6.09 Å². The lowest BCUT2D eigenvalue weighted by Crippen LogP contribution is -2.54. The minimum atomic E-state index is -0.795. The minimum Gasteiger partial charge on any atom is -0.444 e. The lowest BCUT2D eigenvalue weighted by molar-refractivity contribution is -0.136. The molecule has 3 rings (SSSR count). The van der Waals surface area contributed by atoms with E-state index < -0.39 is 30.2 Å². The van der Waals surface area contributed by atoms with Gasteiger partial charge in [-0.1, -0.05) is 0 Å². The summed E-state index contributed by atoms with van der Waals surface area (Å²) in [6.07, 6.45) is -0.874. The van der Waals surface area contributed by atoms with E-state index in [9.17, 15) is 14.4 Å². The largest absolute Gasteiger partial charge is 0.444 e. The van der Waals surface area contributed by atoms with Gasteiger partial charge in [-0.15, -0.1) is 23.1 Å². The second-order valence-corrected chi connectivity index (χ2v) is 7.41. The monoisotopic (exact) mass is 370 g/mol. The van der Waals surface area contributed by atoms with Crippen LogP contribution in [0.25, 0.3) is 0 Å². The Morgan fingerprint density at radius 1 is 1.58 bits per heavy atom. The van der Waals surface area contributed by atoms with Crippen LogP contribution in [0.3, 0.4) is 0 Å². The molecule has 2 saturated heterocycles. The van der Waals surface area contributed by atoms with E-state index in [0.717, 1.165) is 11.4 Å². The predicted octanol–water partition coefficient (Wildman–Crippen LogP) is 0.200. The number of hydrogen-bond donors (Lipinski definition) is 2. The highest BCUT2D eigenvalue weighted by Gasteiger charge is 2.38. The second-order valence-electron chi connectivity index (χ2n) is 5.62. The number of hydrogen-bond acceptors (Lipinski definition) is 7. The highest BCUT2D eigenvalue weighted by atomic mass is 32.2. The molecule has 3 atom stereocenters. The fraction of sp³-hybridized carbons (Fsp3) is 0.571. The summed E-state index contributed by atoms with van der Waals surface area (Å²) in [5.41, 5.74) is 2.45. The second kappa shape index (κ2) is 7.39. The number of amides is 3. The average molecular weight is 370 g/mol. The Balaban J connectivity index is 1.70. The average Bonchev–Trinajstić information content (AvgIpc) is 3.27. The number of ether oxygens (including phenoxy) is 1. The zero-order chi connectivity index (χ0) is 17.1. The number of aromatic nitrogens is 1. The van der Waals surface area contributed by atoms with Crippen LogP contribution >= 0.6 is 23.1 Å². The highest BCUT2D eigenvalue weighted by molar-refractivity contribution is 7.99. The molecule has 1 aromatic heterocycles. The van der Waals surface area contributed by atoms with E-state index >= 15 is 0 Å². The molecule has 8 nitrogen and oxygen atoms in total. The molecule has 1 aromatic rings. The van der Waals surface area contributed by atoms with Gasteiger partial charge in [0, 0.05) is 24.1 Å². The molecule has 0 bridgehead atoms. The number of alkyl carbamates (subject to hydrolysis) is 1. The van der Waals surface area contributed by atoms with E-state index in [1.165, 1.54) is 11.3 Å². The van der Waals surface area contributed by atoms with Gasteiger partial charge in [-0.3, -0.25) is 9.59 Å². The first kappa shape index (κ1) is 17.0. The fourth-order valence-electron chi connectivity index (χ4n) is 2.61. The maximum atomic E-state index is 12.7. The summed E-state index contributed by atoms with van der Waals surface area (Å²) in [5, 5.41) is 7.07. The van der Waals surface area contributed by atoms with Gasteiger partial charge in [-0.2, -0.15) is 0 Å². The third-order valence-electron chi connectivity index (χ3n) is 3.89. The molecule has 2 N–H and O–H groups in total. The smallest absolute Gasteiger partial charge is 0.408 e. The van der Waals surface area contributed by atoms with Gasteiger partial charge in [0.25, 0.3) is 0 Å². The quantitative estimate of drug-likeness (QED) is 0.768. The fourth-order valence-corrected chi connectivity index (χ4v) is 4.14. The van der Waals surface area contributed by atoms with Crippen molar-refractivity contribution in [2.45, 2.75) is 31.5 Å². The first-order valence-corrected chi connectivity index (χ1v) is 9.65. The van der Waals surface area contributed by atoms with Gasteiger partial charge in [0.1, 0.15) is 18.2 Å². The molecule has 3 amide bonds. The number of carbonyl (C=O) groups excluding carboxylic acids is 3. The van der Waals surface area contributed by atoms with E-state index in [0.29, 0.717) is 18.8 Å². The summed E-state index contributed by atoms with van der Waals surface area (Å²) in [4.78, 5) is 42.4. The summed E-state index contributed by atoms with van der Waals surface area (Å²) in [7, 11) is 0. The Morgan fingerprint density at radius 3 is 3.00 bits per heavy atom. The summed E-state index contributed by atoms with van der Waals surface area (Å²) >= 11 is 3.12. The van der Waals surface area contributed by atoms with Crippen molar-refractivity contribution in [1.29, 1.82) is 0 Å². The van der Waals surface area contributed by atoms with Crippen molar-refractivity contribution in [3.63, 3.8) is 0 Å². The van der Waals surface area contributed by atoms with Gasteiger partial charge in [0.15, 0.2) is 0 Å². The number of thioether (sulfide) groups is 1. The van der Waals surface area contributed by atoms with Crippen LogP contribution in [0.2, 0.25) is 0 Å². The number of rotatable bonds is 5. The predicted molar refractivity (Wildman–Crippen MR) is 89.7 cm³/mol. The first-order chi connectivity index (χ1) is 11.5. The molecule has 0 radical (unpaired) electrons. The molecule has 0 spiro atoms. The molecule has 0 aliphatic carbocycles. The minimum absolute atomic E-state index is 0.126. The zero-order valence-corrected chi connectivity index (χ0v) is 14.7. The normalized spacial score (nSPS) is 24.4. The number of carbonyl (C=O) groups is 3. The van der Waals surface area contributed by atoms with Crippen molar-refractivity contribution in [2.24, 2.45) is 0 Å². The first-order valence-electron chi connectivity index (χ1n) is 7.55. The number of cyclic esters (lactones) is 1. The van der Waals surface area contributed by atoms with Crippen molar-refractivity contribution in [3.05, 3.63) is 16.6 Å². The molecule has 10 heteroatoms. The van der Waals surface area contributed by atoms with Crippen molar-refractivity contribution < 1.29 is 19.1 Å². The van der Waals surface area contributed by atoms with Crippen LogP contribution in [0, 0.1) is 0 Å². The molecule has 2 aliphatic rings. The topological polar surface area (TPSA) is 101 Å². The highest BCUT2D eigenvalue weighted by Crippen LogP contribution is 2.16. The van der Waals surface area contributed by atoms with Crippen LogP contribution in [0.1, 0.15) is 12.6 Å². The van der Waals surface area contributed by atoms with Gasteiger partial charge in [-0.25, -0.2) is 9.78 Å². The van der Waals surface area contributed by atoms with Crippen LogP contribution < -0.4 is 10.6 Å². The van der Waals surface area contributed by atoms with Gasteiger partial charge in [-0.05, 0) is 6.92 Å². The third kappa shape index (κ3) is 3.81. The molecule has 2 aliphatic heterocycles. The number of nitrogens with one attached hydrogen (secondary N) is 2. The molecule has 3 heterocycles. The number of thiazole rings is 1. The Labute approximate surface area is 147 Å². The SMILES string of the molecule is CC1OC(=O)NC1C(=O)NC(Cc1cscn1)C(=O)N1CCSC1. The van der Waals surface area contributed by atoms with Crippen LogP contribution in [-0.2, 0) is 20.7 Å². The summed E-state index contributed by atoms with van der Waals surface area (Å²) in [6, 6.07) is -1.50. The van der Waals surface area contributed by atoms with E-state index in [1.54, 1.807) is 29.1 Å². The van der Waals surface area contributed by atoms with E-state index in [2.05, 4.69) is 15.6 Å². The van der Waals surface area contributed by atoms with E-state index in [4.69, 9.17) is 4.74 Å². The lowest BCUT2D eigenvalue weighted by atomic mass is 10.1. The van der Waals surface area contributed by atoms with Gasteiger partial charge in [0.05, 0.1) is 17.1 Å². The molecule has 130 valence electrons. The molecule has 3 unspecified atom stereocenters. The van der Waals surface area contributed by atoms with Gasteiger partial charge < -0.3 is 20.3 Å². The summed E-state index contributed by atoms with van der Waals surface area (Å²) in [5.74, 6) is 0.974. The molecule has 0 aromatic carbocycles. The summed E-state index contributed by atoms with van der Waals surface area (Å²) in [6.45, 7) is 2.31. The molecule has 24 heavy (non-hydrogen) atoms. The van der Waals surface area contributed by atoms with Crippen LogP contribution in [0.15, 0.2) is 10.9 Å². The Morgan fingerprint density at radius 2 is 2.42 bits per heavy atom. The van der Waals surface area contributed by atoms with Gasteiger partial charge in [0.2, 0.25) is 11.8 Å². The van der Waals surface area contributed by atoms with Crippen molar-refractivity contribution in [2.75, 3.05) is 18.2 Å². The maximum absolute atomic E-state index is 12.7. The zero-order valence-electron chi connectivity index (χ0n) is 13.1. The number of nitrogens with zero attached hydrogens (tertiary/aromatic N) is 2. The Bertz CT molecular complexity index is 618.